The molecule has 0 radical (unpaired) electrons. The largest absolute Gasteiger partial charge is 0.497 e. The molecule has 0 spiro atoms. The number of rotatable bonds is 7. The van der Waals surface area contributed by atoms with Crippen LogP contribution in [0.3, 0.4) is 0 Å². The molecule has 0 aromatic heterocycles. The summed E-state index contributed by atoms with van der Waals surface area (Å²) in [4.78, 5) is 25.7. The van der Waals surface area contributed by atoms with E-state index < -0.39 is 0 Å². The van der Waals surface area contributed by atoms with Gasteiger partial charge in [0.15, 0.2) is 0 Å². The zero-order chi connectivity index (χ0) is 19.1. The molecule has 2 amide bonds. The van der Waals surface area contributed by atoms with Crippen LogP contribution in [0.4, 0.5) is 0 Å². The highest BCUT2D eigenvalue weighted by Crippen LogP contribution is 2.22. The van der Waals surface area contributed by atoms with Crippen molar-refractivity contribution >= 4 is 35.0 Å². The molecule has 0 saturated carbocycles. The fraction of sp³-hybridized carbons (Fsp3) is 0.263. The third-order valence-corrected chi connectivity index (χ3v) is 4.57. The Balaban J connectivity index is 1.90. The van der Waals surface area contributed by atoms with E-state index in [1.165, 1.54) is 13.0 Å². The van der Waals surface area contributed by atoms with Crippen LogP contribution in [0.2, 0.25) is 10.0 Å². The Bertz CT molecular complexity index is 779. The fourth-order valence-electron chi connectivity index (χ4n) is 2.34. The summed E-state index contributed by atoms with van der Waals surface area (Å²) >= 11 is 11.8. The van der Waals surface area contributed by atoms with Crippen LogP contribution in [0.5, 0.6) is 5.75 Å². The van der Waals surface area contributed by atoms with Crippen molar-refractivity contribution < 1.29 is 14.3 Å². The lowest BCUT2D eigenvalue weighted by Gasteiger charge is -2.21. The van der Waals surface area contributed by atoms with Crippen LogP contribution in [0.1, 0.15) is 22.8 Å². The molecule has 0 aliphatic rings. The van der Waals surface area contributed by atoms with Crippen molar-refractivity contribution in [2.45, 2.75) is 13.5 Å². The van der Waals surface area contributed by atoms with Gasteiger partial charge < -0.3 is 15.0 Å². The molecule has 7 heteroatoms. The zero-order valence-electron chi connectivity index (χ0n) is 14.6. The lowest BCUT2D eigenvalue weighted by Crippen LogP contribution is -2.37. The number of methoxy groups -OCH3 is 1. The third-order valence-electron chi connectivity index (χ3n) is 3.83. The van der Waals surface area contributed by atoms with Crippen molar-refractivity contribution in [1.29, 1.82) is 0 Å². The first kappa shape index (κ1) is 20.1. The van der Waals surface area contributed by atoms with Gasteiger partial charge in [-0.2, -0.15) is 0 Å². The minimum absolute atomic E-state index is 0.0652. The second-order valence-corrected chi connectivity index (χ2v) is 6.49. The Hall–Kier alpha value is -2.24. The van der Waals surface area contributed by atoms with Gasteiger partial charge in [-0.3, -0.25) is 9.59 Å². The number of carbonyl (C=O) groups excluding carboxylic acids is 2. The molecule has 2 aromatic carbocycles. The maximum atomic E-state index is 12.2. The molecule has 0 aliphatic carbocycles. The van der Waals surface area contributed by atoms with Crippen molar-refractivity contribution in [3.05, 3.63) is 63.6 Å². The predicted molar refractivity (Wildman–Crippen MR) is 103 cm³/mol. The molecular formula is C19H20Cl2N2O3. The first-order valence-electron chi connectivity index (χ1n) is 8.02. The van der Waals surface area contributed by atoms with E-state index in [-0.39, 0.29) is 11.8 Å². The highest BCUT2D eigenvalue weighted by atomic mass is 35.5. The van der Waals surface area contributed by atoms with Crippen molar-refractivity contribution in [2.75, 3.05) is 20.2 Å². The van der Waals surface area contributed by atoms with E-state index in [1.807, 2.05) is 24.3 Å². The van der Waals surface area contributed by atoms with Crippen LogP contribution < -0.4 is 10.1 Å². The molecule has 1 N–H and O–H groups in total. The van der Waals surface area contributed by atoms with Crippen molar-refractivity contribution in [3.8, 4) is 5.75 Å². The number of hydrogen-bond acceptors (Lipinski definition) is 3. The van der Waals surface area contributed by atoms with Gasteiger partial charge in [0.05, 0.1) is 17.2 Å². The number of halogens is 2. The molecule has 0 saturated heterocycles. The van der Waals surface area contributed by atoms with Crippen molar-refractivity contribution in [2.24, 2.45) is 0 Å². The number of carbonyl (C=O) groups is 2. The topological polar surface area (TPSA) is 58.6 Å². The molecule has 0 bridgehead atoms. The normalized spacial score (nSPS) is 10.3. The van der Waals surface area contributed by atoms with Crippen LogP contribution in [-0.2, 0) is 11.3 Å². The van der Waals surface area contributed by atoms with Crippen LogP contribution in [0.25, 0.3) is 0 Å². The summed E-state index contributed by atoms with van der Waals surface area (Å²) in [5.41, 5.74) is 1.40. The molecule has 5 nitrogen and oxygen atoms in total. The van der Waals surface area contributed by atoms with Gasteiger partial charge in [0.2, 0.25) is 5.91 Å². The Kier molecular flexibility index (Phi) is 7.30. The first-order valence-corrected chi connectivity index (χ1v) is 8.78. The SMILES string of the molecule is COc1ccc(CN(CCNC(=O)c2ccc(Cl)c(Cl)c2)C(C)=O)cc1. The molecule has 0 unspecified atom stereocenters. The second kappa shape index (κ2) is 9.46. The van der Waals surface area contributed by atoms with Crippen molar-refractivity contribution in [3.63, 3.8) is 0 Å². The smallest absolute Gasteiger partial charge is 0.251 e. The molecule has 2 aromatic rings. The quantitative estimate of drug-likeness (QED) is 0.776. The highest BCUT2D eigenvalue weighted by molar-refractivity contribution is 6.42. The van der Waals surface area contributed by atoms with Crippen LogP contribution >= 0.6 is 23.2 Å². The van der Waals surface area contributed by atoms with Crippen molar-refractivity contribution in [1.82, 2.24) is 10.2 Å². The molecule has 0 aliphatic heterocycles. The number of amides is 2. The van der Waals surface area contributed by atoms with Crippen LogP contribution in [0, 0.1) is 0 Å². The van der Waals surface area contributed by atoms with Crippen LogP contribution in [-0.4, -0.2) is 36.9 Å². The van der Waals surface area contributed by atoms with E-state index in [0.717, 1.165) is 11.3 Å². The van der Waals surface area contributed by atoms with Gasteiger partial charge in [-0.1, -0.05) is 35.3 Å². The highest BCUT2D eigenvalue weighted by Gasteiger charge is 2.12. The van der Waals surface area contributed by atoms with Gasteiger partial charge in [-0.25, -0.2) is 0 Å². The Labute approximate surface area is 162 Å². The number of ether oxygens (including phenoxy) is 1. The maximum Gasteiger partial charge on any atom is 0.251 e. The average Bonchev–Trinajstić information content (AvgIpc) is 2.63. The van der Waals surface area contributed by atoms with Gasteiger partial charge >= 0.3 is 0 Å². The molecule has 2 rings (SSSR count). The number of hydrogen-bond donors (Lipinski definition) is 1. The predicted octanol–water partition coefficient (Wildman–Crippen LogP) is 3.78. The van der Waals surface area contributed by atoms with E-state index in [9.17, 15) is 9.59 Å². The van der Waals surface area contributed by atoms with E-state index >= 15 is 0 Å². The monoisotopic (exact) mass is 394 g/mol. The summed E-state index contributed by atoms with van der Waals surface area (Å²) in [6.07, 6.45) is 0. The number of nitrogens with zero attached hydrogens (tertiary/aromatic N) is 1. The van der Waals surface area contributed by atoms with E-state index in [4.69, 9.17) is 27.9 Å². The maximum absolute atomic E-state index is 12.2. The van der Waals surface area contributed by atoms with E-state index in [2.05, 4.69) is 5.32 Å². The first-order chi connectivity index (χ1) is 12.4. The molecule has 138 valence electrons. The Morgan fingerprint density at radius 2 is 1.77 bits per heavy atom. The van der Waals surface area contributed by atoms with Gasteiger partial charge in [-0.15, -0.1) is 0 Å². The second-order valence-electron chi connectivity index (χ2n) is 5.67. The third kappa shape index (κ3) is 5.64. The molecule has 0 atom stereocenters. The lowest BCUT2D eigenvalue weighted by molar-refractivity contribution is -0.129. The Morgan fingerprint density at radius 3 is 2.35 bits per heavy atom. The minimum atomic E-state index is -0.267. The zero-order valence-corrected chi connectivity index (χ0v) is 16.1. The molecule has 0 fully saturated rings. The van der Waals surface area contributed by atoms with E-state index in [1.54, 1.807) is 24.1 Å². The average molecular weight is 395 g/mol. The summed E-state index contributed by atoms with van der Waals surface area (Å²) in [6.45, 7) is 2.69. The van der Waals surface area contributed by atoms with Gasteiger partial charge in [0, 0.05) is 32.1 Å². The number of nitrogens with one attached hydrogen (secondary N) is 1. The molecule has 0 heterocycles. The van der Waals surface area contributed by atoms with E-state index in [0.29, 0.717) is 35.2 Å². The molecule has 26 heavy (non-hydrogen) atoms. The molecular weight excluding hydrogens is 375 g/mol. The van der Waals surface area contributed by atoms with Gasteiger partial charge in [0.25, 0.3) is 5.91 Å². The summed E-state index contributed by atoms with van der Waals surface area (Å²) in [6, 6.07) is 12.2. The summed E-state index contributed by atoms with van der Waals surface area (Å²) in [5, 5.41) is 3.50. The standard InChI is InChI=1S/C19H20Cl2N2O3/c1-13(24)23(12-14-3-6-16(26-2)7-4-14)10-9-22-19(25)15-5-8-17(20)18(21)11-15/h3-8,11H,9-10,12H2,1-2H3,(H,22,25). The summed E-state index contributed by atoms with van der Waals surface area (Å²) in [5.74, 6) is 0.429. The fourth-order valence-corrected chi connectivity index (χ4v) is 2.64. The number of benzene rings is 2. The lowest BCUT2D eigenvalue weighted by atomic mass is 10.2. The van der Waals surface area contributed by atoms with Gasteiger partial charge in [-0.05, 0) is 35.9 Å². The summed E-state index contributed by atoms with van der Waals surface area (Å²) in [7, 11) is 1.60. The summed E-state index contributed by atoms with van der Waals surface area (Å²) < 4.78 is 5.12. The van der Waals surface area contributed by atoms with Gasteiger partial charge in [0.1, 0.15) is 5.75 Å². The van der Waals surface area contributed by atoms with Crippen LogP contribution in [0.15, 0.2) is 42.5 Å². The minimum Gasteiger partial charge on any atom is -0.497 e. The Morgan fingerprint density at radius 1 is 1.08 bits per heavy atom.